The Morgan fingerprint density at radius 1 is 0.909 bits per heavy atom. The minimum absolute atomic E-state index is 0. The molecule has 0 aromatic rings. The molecule has 0 aliphatic heterocycles. The van der Waals surface area contributed by atoms with Crippen molar-refractivity contribution in [3.05, 3.63) is 0 Å². The van der Waals surface area contributed by atoms with Crippen LogP contribution in [0, 0.1) is 0 Å². The second-order valence-electron chi connectivity index (χ2n) is 2.40. The maximum absolute atomic E-state index is 5.63. The SMILES string of the molecule is N.NC1CCCCC1.[Cl-].[Cl-].[Pt+2]. The van der Waals surface area contributed by atoms with Crippen molar-refractivity contribution < 1.29 is 45.9 Å². The molecule has 1 fully saturated rings. The minimum Gasteiger partial charge on any atom is -1.00 e. The van der Waals surface area contributed by atoms with Crippen LogP contribution < -0.4 is 36.7 Å². The molecule has 0 heterocycles. The second kappa shape index (κ2) is 13.8. The van der Waals surface area contributed by atoms with Crippen LogP contribution in [0.25, 0.3) is 0 Å². The van der Waals surface area contributed by atoms with Crippen molar-refractivity contribution in [3.63, 3.8) is 0 Å². The van der Waals surface area contributed by atoms with Crippen LogP contribution in [0.1, 0.15) is 32.1 Å². The molecular formula is C6H16Cl2N2Pt. The zero-order chi connectivity index (χ0) is 5.11. The van der Waals surface area contributed by atoms with Gasteiger partial charge in [-0.2, -0.15) is 0 Å². The molecule has 0 spiro atoms. The van der Waals surface area contributed by atoms with Crippen LogP contribution in [0.15, 0.2) is 0 Å². The van der Waals surface area contributed by atoms with Gasteiger partial charge in [0.15, 0.2) is 0 Å². The fourth-order valence-electron chi connectivity index (χ4n) is 1.13. The first kappa shape index (κ1) is 22.8. The number of hydrogen-bond acceptors (Lipinski definition) is 2. The molecule has 1 saturated carbocycles. The van der Waals surface area contributed by atoms with E-state index in [2.05, 4.69) is 0 Å². The maximum Gasteiger partial charge on any atom is 2.00 e. The van der Waals surface area contributed by atoms with E-state index in [1.807, 2.05) is 0 Å². The first-order valence-electron chi connectivity index (χ1n) is 3.15. The van der Waals surface area contributed by atoms with Gasteiger partial charge >= 0.3 is 21.1 Å². The van der Waals surface area contributed by atoms with Crippen molar-refractivity contribution in [2.45, 2.75) is 38.1 Å². The van der Waals surface area contributed by atoms with Crippen molar-refractivity contribution in [2.24, 2.45) is 5.73 Å². The Kier molecular flexibility index (Phi) is 28.5. The third kappa shape index (κ3) is 11.2. The normalized spacial score (nSPS) is 16.1. The van der Waals surface area contributed by atoms with Gasteiger partial charge in [0.05, 0.1) is 0 Å². The van der Waals surface area contributed by atoms with Crippen LogP contribution in [0.4, 0.5) is 0 Å². The zero-order valence-electron chi connectivity index (χ0n) is 6.47. The van der Waals surface area contributed by atoms with Crippen molar-refractivity contribution in [1.82, 2.24) is 6.15 Å². The zero-order valence-corrected chi connectivity index (χ0v) is 10.3. The fraction of sp³-hybridized carbons (Fsp3) is 1.00. The molecule has 0 amide bonds. The topological polar surface area (TPSA) is 61.0 Å². The molecule has 1 aliphatic rings. The Labute approximate surface area is 95.7 Å². The molecule has 0 aromatic carbocycles. The van der Waals surface area contributed by atoms with Gasteiger partial charge in [-0.3, -0.25) is 0 Å². The summed E-state index contributed by atoms with van der Waals surface area (Å²) >= 11 is 0. The molecule has 0 unspecified atom stereocenters. The monoisotopic (exact) mass is 381 g/mol. The predicted molar refractivity (Wildman–Crippen MR) is 36.1 cm³/mol. The third-order valence-electron chi connectivity index (χ3n) is 1.65. The van der Waals surface area contributed by atoms with E-state index < -0.39 is 0 Å². The van der Waals surface area contributed by atoms with E-state index in [1.54, 1.807) is 0 Å². The van der Waals surface area contributed by atoms with Gasteiger partial charge in [0, 0.05) is 6.04 Å². The fourth-order valence-corrected chi connectivity index (χ4v) is 1.13. The molecule has 0 atom stereocenters. The van der Waals surface area contributed by atoms with Gasteiger partial charge < -0.3 is 36.7 Å². The minimum atomic E-state index is 0. The number of halogens is 2. The van der Waals surface area contributed by atoms with Gasteiger partial charge in [0.2, 0.25) is 0 Å². The van der Waals surface area contributed by atoms with Crippen LogP contribution in [0.3, 0.4) is 0 Å². The van der Waals surface area contributed by atoms with Gasteiger partial charge in [0.1, 0.15) is 0 Å². The average Bonchev–Trinajstić information content (AvgIpc) is 1.69. The van der Waals surface area contributed by atoms with E-state index in [9.17, 15) is 0 Å². The summed E-state index contributed by atoms with van der Waals surface area (Å²) in [6.45, 7) is 0. The summed E-state index contributed by atoms with van der Waals surface area (Å²) in [6.07, 6.45) is 6.66. The molecule has 11 heavy (non-hydrogen) atoms. The van der Waals surface area contributed by atoms with Crippen molar-refractivity contribution in [1.29, 1.82) is 0 Å². The Morgan fingerprint density at radius 3 is 1.45 bits per heavy atom. The summed E-state index contributed by atoms with van der Waals surface area (Å²) in [5, 5.41) is 0. The first-order chi connectivity index (χ1) is 3.39. The average molecular weight is 382 g/mol. The largest absolute Gasteiger partial charge is 2.00 e. The molecule has 0 saturated heterocycles. The summed E-state index contributed by atoms with van der Waals surface area (Å²) in [5.74, 6) is 0. The van der Waals surface area contributed by atoms with E-state index in [-0.39, 0.29) is 52.0 Å². The predicted octanol–water partition coefficient (Wildman–Crippen LogP) is -4.55. The molecule has 74 valence electrons. The molecular weight excluding hydrogens is 366 g/mol. The Morgan fingerprint density at radius 2 is 1.27 bits per heavy atom. The summed E-state index contributed by atoms with van der Waals surface area (Å²) in [4.78, 5) is 0. The van der Waals surface area contributed by atoms with E-state index in [4.69, 9.17) is 5.73 Å². The summed E-state index contributed by atoms with van der Waals surface area (Å²) < 4.78 is 0. The molecule has 5 heteroatoms. The molecule has 0 aromatic heterocycles. The van der Waals surface area contributed by atoms with Crippen LogP contribution >= 0.6 is 0 Å². The third-order valence-corrected chi connectivity index (χ3v) is 1.65. The molecule has 5 N–H and O–H groups in total. The standard InChI is InChI=1S/C6H13N.2ClH.H3N.Pt/c7-6-4-2-1-3-5-6;;;;/h6H,1-5,7H2;2*1H;1H3;/q;;;;+2/p-2. The molecule has 0 bridgehead atoms. The van der Waals surface area contributed by atoms with Crippen molar-refractivity contribution in [2.75, 3.05) is 0 Å². The quantitative estimate of drug-likeness (QED) is 0.444. The van der Waals surface area contributed by atoms with Crippen LogP contribution in [-0.4, -0.2) is 6.04 Å². The second-order valence-corrected chi connectivity index (χ2v) is 2.40. The van der Waals surface area contributed by atoms with E-state index >= 15 is 0 Å². The summed E-state index contributed by atoms with van der Waals surface area (Å²) in [7, 11) is 0. The van der Waals surface area contributed by atoms with Crippen LogP contribution in [0.5, 0.6) is 0 Å². The Balaban J connectivity index is -0.0000000612. The number of hydrogen-bond donors (Lipinski definition) is 2. The van der Waals surface area contributed by atoms with Gasteiger partial charge in [0.25, 0.3) is 0 Å². The van der Waals surface area contributed by atoms with Crippen molar-refractivity contribution in [3.8, 4) is 0 Å². The van der Waals surface area contributed by atoms with Gasteiger partial charge in [-0.05, 0) is 12.8 Å². The van der Waals surface area contributed by atoms with E-state index in [1.165, 1.54) is 32.1 Å². The Hall–Kier alpha value is 1.19. The van der Waals surface area contributed by atoms with Crippen LogP contribution in [0.2, 0.25) is 0 Å². The Bertz CT molecular complexity index is 60.5. The van der Waals surface area contributed by atoms with E-state index in [0.717, 1.165) is 0 Å². The molecule has 1 aliphatic carbocycles. The van der Waals surface area contributed by atoms with E-state index in [0.29, 0.717) is 6.04 Å². The summed E-state index contributed by atoms with van der Waals surface area (Å²) in [6, 6.07) is 0.536. The summed E-state index contributed by atoms with van der Waals surface area (Å²) in [5.41, 5.74) is 5.63. The van der Waals surface area contributed by atoms with Crippen molar-refractivity contribution >= 4 is 0 Å². The van der Waals surface area contributed by atoms with Gasteiger partial charge in [-0.25, -0.2) is 0 Å². The smallest absolute Gasteiger partial charge is 1.00 e. The number of rotatable bonds is 0. The van der Waals surface area contributed by atoms with Gasteiger partial charge in [-0.15, -0.1) is 0 Å². The first-order valence-corrected chi connectivity index (χ1v) is 3.15. The number of nitrogens with two attached hydrogens (primary N) is 1. The molecule has 2 nitrogen and oxygen atoms in total. The maximum atomic E-state index is 5.63. The van der Waals surface area contributed by atoms with Gasteiger partial charge in [-0.1, -0.05) is 19.3 Å². The molecule has 1 rings (SSSR count). The van der Waals surface area contributed by atoms with Crippen LogP contribution in [-0.2, 0) is 21.1 Å². The molecule has 0 radical (unpaired) electrons.